The van der Waals surface area contributed by atoms with Gasteiger partial charge in [-0.25, -0.2) is 0 Å². The van der Waals surface area contributed by atoms with Crippen molar-refractivity contribution in [1.82, 2.24) is 0 Å². The van der Waals surface area contributed by atoms with Crippen LogP contribution in [0.4, 0.5) is 22.7 Å². The zero-order valence-electron chi connectivity index (χ0n) is 35.5. The molecule has 0 bridgehead atoms. The zero-order chi connectivity index (χ0) is 40.8. The second-order valence-corrected chi connectivity index (χ2v) is 18.8. The molecule has 0 amide bonds. The van der Waals surface area contributed by atoms with Crippen molar-refractivity contribution < 1.29 is 0 Å². The highest BCUT2D eigenvalue weighted by molar-refractivity contribution is 5.88. The second kappa shape index (κ2) is 14.1. The van der Waals surface area contributed by atoms with Crippen molar-refractivity contribution in [2.24, 2.45) is 11.8 Å². The minimum absolute atomic E-state index is 0.126. The Morgan fingerprint density at radius 1 is 0.705 bits per heavy atom. The van der Waals surface area contributed by atoms with Gasteiger partial charge in [-0.05, 0) is 135 Å². The molecule has 2 nitrogen and oxygen atoms in total. The topological polar surface area (TPSA) is 6.48 Å². The number of allylic oxidation sites excluding steroid dienone is 12. The summed E-state index contributed by atoms with van der Waals surface area (Å²) in [6.07, 6.45) is 34.0. The van der Waals surface area contributed by atoms with Gasteiger partial charge in [-0.3, -0.25) is 0 Å². The Morgan fingerprint density at radius 2 is 1.46 bits per heavy atom. The lowest BCUT2D eigenvalue weighted by Gasteiger charge is -2.39. The number of hydrogen-bond donors (Lipinski definition) is 0. The molecule has 12 rings (SSSR count). The van der Waals surface area contributed by atoms with E-state index in [-0.39, 0.29) is 5.41 Å². The molecule has 0 N–H and O–H groups in total. The molecule has 5 aliphatic carbocycles. The van der Waals surface area contributed by atoms with Crippen molar-refractivity contribution in [3.63, 3.8) is 0 Å². The minimum Gasteiger partial charge on any atom is -0.337 e. The monoisotopic (exact) mass is 788 g/mol. The fourth-order valence-electron chi connectivity index (χ4n) is 11.8. The SMILES string of the molecule is CC1C=C(/C=C/c2ccc3c(c2)C(C)(C)c2cc(N4c5ccccc5Cc5ccccc54)ccc2-3)C=C2C=Cc3cc(N4C5=C(C=CCC5)CCC5C=CC=CC54)ccc3C21. The van der Waals surface area contributed by atoms with Gasteiger partial charge < -0.3 is 9.80 Å². The van der Waals surface area contributed by atoms with Crippen molar-refractivity contribution in [2.75, 3.05) is 9.80 Å². The lowest BCUT2D eigenvalue weighted by Crippen LogP contribution is -2.38. The molecule has 0 aromatic heterocycles. The van der Waals surface area contributed by atoms with E-state index < -0.39 is 0 Å². The molecule has 61 heavy (non-hydrogen) atoms. The number of anilines is 4. The van der Waals surface area contributed by atoms with Gasteiger partial charge in [0.25, 0.3) is 0 Å². The predicted octanol–water partition coefficient (Wildman–Crippen LogP) is 15.0. The Labute approximate surface area is 361 Å². The molecular formula is C59H52N2. The van der Waals surface area contributed by atoms with E-state index in [1.54, 1.807) is 0 Å². The molecule has 4 unspecified atom stereocenters. The average Bonchev–Trinajstić information content (AvgIpc) is 3.39. The Bertz CT molecular complexity index is 2870. The summed E-state index contributed by atoms with van der Waals surface area (Å²) in [7, 11) is 0. The quantitative estimate of drug-likeness (QED) is 0.176. The minimum atomic E-state index is -0.126. The summed E-state index contributed by atoms with van der Waals surface area (Å²) < 4.78 is 0. The summed E-state index contributed by atoms with van der Waals surface area (Å²) >= 11 is 0. The third kappa shape index (κ3) is 5.90. The molecule has 0 radical (unpaired) electrons. The lowest BCUT2D eigenvalue weighted by atomic mass is 9.72. The average molecular weight is 789 g/mol. The van der Waals surface area contributed by atoms with Crippen LogP contribution in [-0.2, 0) is 11.8 Å². The van der Waals surface area contributed by atoms with Crippen LogP contribution in [0.2, 0.25) is 0 Å². The molecule has 298 valence electrons. The fourth-order valence-corrected chi connectivity index (χ4v) is 11.8. The summed E-state index contributed by atoms with van der Waals surface area (Å²) in [6, 6.07) is 39.7. The molecule has 2 aliphatic heterocycles. The van der Waals surface area contributed by atoms with E-state index >= 15 is 0 Å². The molecule has 5 aromatic carbocycles. The number of fused-ring (bicyclic) bond motifs is 9. The molecule has 2 heterocycles. The molecule has 2 heteroatoms. The van der Waals surface area contributed by atoms with E-state index in [9.17, 15) is 0 Å². The van der Waals surface area contributed by atoms with E-state index in [0.717, 1.165) is 25.7 Å². The van der Waals surface area contributed by atoms with Gasteiger partial charge in [0.05, 0.1) is 6.04 Å². The highest BCUT2D eigenvalue weighted by Gasteiger charge is 2.38. The van der Waals surface area contributed by atoms with Gasteiger partial charge in [-0.1, -0.05) is 160 Å². The smallest absolute Gasteiger partial charge is 0.0585 e. The fraction of sp³-hybridized carbons (Fsp3) is 0.220. The van der Waals surface area contributed by atoms with Crippen molar-refractivity contribution >= 4 is 34.9 Å². The Hall–Kier alpha value is -6.38. The van der Waals surface area contributed by atoms with Gasteiger partial charge in [0, 0.05) is 52.1 Å². The Morgan fingerprint density at radius 3 is 2.30 bits per heavy atom. The van der Waals surface area contributed by atoms with Gasteiger partial charge in [-0.15, -0.1) is 0 Å². The Balaban J connectivity index is 0.811. The van der Waals surface area contributed by atoms with Gasteiger partial charge in [-0.2, -0.15) is 0 Å². The molecule has 5 aromatic rings. The third-order valence-corrected chi connectivity index (χ3v) is 14.9. The summed E-state index contributed by atoms with van der Waals surface area (Å²) in [6.45, 7) is 7.20. The van der Waals surface area contributed by atoms with Gasteiger partial charge >= 0.3 is 0 Å². The van der Waals surface area contributed by atoms with Crippen LogP contribution >= 0.6 is 0 Å². The van der Waals surface area contributed by atoms with Crippen LogP contribution in [0.25, 0.3) is 23.3 Å². The van der Waals surface area contributed by atoms with Crippen molar-refractivity contribution in [3.05, 3.63) is 225 Å². The van der Waals surface area contributed by atoms with E-state index in [1.807, 2.05) is 0 Å². The summed E-state index contributed by atoms with van der Waals surface area (Å²) in [5.41, 5.74) is 23.0. The third-order valence-electron chi connectivity index (χ3n) is 14.9. The summed E-state index contributed by atoms with van der Waals surface area (Å²) in [4.78, 5) is 5.16. The van der Waals surface area contributed by atoms with Crippen LogP contribution in [0.1, 0.15) is 91.3 Å². The first-order chi connectivity index (χ1) is 29.9. The largest absolute Gasteiger partial charge is 0.337 e. The van der Waals surface area contributed by atoms with Crippen LogP contribution in [0.3, 0.4) is 0 Å². The van der Waals surface area contributed by atoms with Gasteiger partial charge in [0.15, 0.2) is 0 Å². The van der Waals surface area contributed by atoms with E-state index in [1.165, 1.54) is 102 Å². The Kier molecular flexibility index (Phi) is 8.43. The van der Waals surface area contributed by atoms with Crippen LogP contribution in [0.15, 0.2) is 186 Å². The maximum atomic E-state index is 2.69. The summed E-state index contributed by atoms with van der Waals surface area (Å²) in [5, 5.41) is 0. The van der Waals surface area contributed by atoms with Crippen LogP contribution in [-0.4, -0.2) is 6.04 Å². The number of benzene rings is 5. The maximum Gasteiger partial charge on any atom is 0.0585 e. The molecule has 0 saturated heterocycles. The molecule has 7 aliphatic rings. The first-order valence-electron chi connectivity index (χ1n) is 22.6. The molecule has 0 spiro atoms. The number of rotatable bonds is 4. The van der Waals surface area contributed by atoms with E-state index in [4.69, 9.17) is 0 Å². The zero-order valence-corrected chi connectivity index (χ0v) is 35.5. The van der Waals surface area contributed by atoms with Crippen LogP contribution < -0.4 is 9.80 Å². The normalized spacial score (nSPS) is 23.5. The standard InChI is InChI=1S/C59H52N2/c1-38-32-40(33-46-26-25-43-36-47(27-30-49(43)58(38)46)60-54-16-8-4-12-41(54)23-24-42-13-5-9-17-55(42)60)21-20-39-22-29-50-51-31-28-48(37-53(51)59(2,3)52(50)34-39)61-56-18-10-6-14-44(56)35-45-15-7-11-19-57(45)61/h4-8,10-16,18-22,25-34,36-38,41,54,58H,9,17,23-24,35H2,1-3H3/b21-20+. The number of hydrogen-bond acceptors (Lipinski definition) is 2. The molecule has 0 fully saturated rings. The van der Waals surface area contributed by atoms with E-state index in [0.29, 0.717) is 23.8 Å². The van der Waals surface area contributed by atoms with Crippen molar-refractivity contribution in [3.8, 4) is 11.1 Å². The van der Waals surface area contributed by atoms with E-state index in [2.05, 4.69) is 207 Å². The molecular weight excluding hydrogens is 737 g/mol. The van der Waals surface area contributed by atoms with Crippen LogP contribution in [0.5, 0.6) is 0 Å². The van der Waals surface area contributed by atoms with Crippen molar-refractivity contribution in [2.45, 2.75) is 70.3 Å². The first-order valence-corrected chi connectivity index (χ1v) is 22.6. The lowest BCUT2D eigenvalue weighted by molar-refractivity contribution is 0.527. The van der Waals surface area contributed by atoms with Crippen molar-refractivity contribution in [1.29, 1.82) is 0 Å². The highest BCUT2D eigenvalue weighted by atomic mass is 15.2. The molecule has 0 saturated carbocycles. The first kappa shape index (κ1) is 36.5. The van der Waals surface area contributed by atoms with Gasteiger partial charge in [0.1, 0.15) is 0 Å². The number of para-hydroxylation sites is 2. The molecule has 4 atom stereocenters. The van der Waals surface area contributed by atoms with Gasteiger partial charge in [0.2, 0.25) is 0 Å². The maximum absolute atomic E-state index is 2.69. The summed E-state index contributed by atoms with van der Waals surface area (Å²) in [5.74, 6) is 1.29. The van der Waals surface area contributed by atoms with Crippen LogP contribution in [0, 0.1) is 11.8 Å². The predicted molar refractivity (Wildman–Crippen MR) is 257 cm³/mol. The highest BCUT2D eigenvalue weighted by Crippen LogP contribution is 2.53. The second-order valence-electron chi connectivity index (χ2n) is 18.8. The number of nitrogens with zero attached hydrogens (tertiary/aromatic N) is 2.